The number of hydrogen-bond donors (Lipinski definition) is 0. The summed E-state index contributed by atoms with van der Waals surface area (Å²) in [6.45, 7) is 2.25. The molecule has 0 amide bonds. The van der Waals surface area contributed by atoms with Crippen molar-refractivity contribution in [1.29, 1.82) is 0 Å². The number of aromatic nitrogens is 1. The highest BCUT2D eigenvalue weighted by Gasteiger charge is 2.11. The van der Waals surface area contributed by atoms with Crippen LogP contribution in [-0.2, 0) is 0 Å². The molecule has 3 rings (SSSR count). The van der Waals surface area contributed by atoms with Crippen LogP contribution < -0.4 is 0 Å². The molecule has 2 aromatic carbocycles. The van der Waals surface area contributed by atoms with Crippen molar-refractivity contribution in [2.45, 2.75) is 12.8 Å². The van der Waals surface area contributed by atoms with E-state index in [0.717, 1.165) is 5.52 Å². The van der Waals surface area contributed by atoms with Crippen LogP contribution in [-0.4, -0.2) is 4.98 Å². The molecular weight excluding hydrogens is 218 g/mol. The minimum Gasteiger partial charge on any atom is -0.256 e. The van der Waals surface area contributed by atoms with Crippen LogP contribution in [0.2, 0.25) is 0 Å². The number of benzene rings is 2. The SMILES string of the molecule is CC(c1ccccc1)c1ccnc2ccccc12. The van der Waals surface area contributed by atoms with E-state index in [-0.39, 0.29) is 0 Å². The van der Waals surface area contributed by atoms with Gasteiger partial charge in [-0.05, 0) is 23.3 Å². The molecule has 1 nitrogen and oxygen atoms in total. The smallest absolute Gasteiger partial charge is 0.0704 e. The van der Waals surface area contributed by atoms with Crippen molar-refractivity contribution >= 4 is 10.9 Å². The first kappa shape index (κ1) is 11.0. The van der Waals surface area contributed by atoms with Gasteiger partial charge in [0.1, 0.15) is 0 Å². The molecule has 0 bridgehead atoms. The molecule has 3 aromatic rings. The van der Waals surface area contributed by atoms with Gasteiger partial charge in [0.2, 0.25) is 0 Å². The molecule has 1 aromatic heterocycles. The van der Waals surface area contributed by atoms with E-state index in [4.69, 9.17) is 0 Å². The van der Waals surface area contributed by atoms with Crippen LogP contribution in [0.5, 0.6) is 0 Å². The molecule has 0 N–H and O–H groups in total. The minimum absolute atomic E-state index is 0.388. The lowest BCUT2D eigenvalue weighted by molar-refractivity contribution is 0.930. The van der Waals surface area contributed by atoms with E-state index in [1.165, 1.54) is 16.5 Å². The summed E-state index contributed by atoms with van der Waals surface area (Å²) in [5.74, 6) is 0.388. The lowest BCUT2D eigenvalue weighted by atomic mass is 9.91. The Balaban J connectivity index is 2.15. The van der Waals surface area contributed by atoms with Crippen LogP contribution in [0.1, 0.15) is 24.0 Å². The second-order valence-corrected chi connectivity index (χ2v) is 4.55. The first-order chi connectivity index (χ1) is 8.86. The maximum Gasteiger partial charge on any atom is 0.0704 e. The first-order valence-electron chi connectivity index (χ1n) is 6.25. The van der Waals surface area contributed by atoms with Gasteiger partial charge in [0, 0.05) is 17.5 Å². The van der Waals surface area contributed by atoms with Crippen molar-refractivity contribution in [3.8, 4) is 0 Å². The Kier molecular flexibility index (Phi) is 2.81. The number of para-hydroxylation sites is 1. The van der Waals surface area contributed by atoms with Crippen LogP contribution >= 0.6 is 0 Å². The summed E-state index contributed by atoms with van der Waals surface area (Å²) in [5.41, 5.74) is 3.75. The monoisotopic (exact) mass is 233 g/mol. The Morgan fingerprint density at radius 2 is 1.56 bits per heavy atom. The van der Waals surface area contributed by atoms with Gasteiger partial charge in [0.15, 0.2) is 0 Å². The Morgan fingerprint density at radius 1 is 0.833 bits per heavy atom. The molecule has 0 saturated carbocycles. The maximum absolute atomic E-state index is 4.42. The van der Waals surface area contributed by atoms with Gasteiger partial charge in [0.05, 0.1) is 5.52 Å². The third-order valence-electron chi connectivity index (χ3n) is 3.45. The summed E-state index contributed by atoms with van der Waals surface area (Å²) in [6.07, 6.45) is 1.90. The molecule has 1 atom stereocenters. The van der Waals surface area contributed by atoms with Gasteiger partial charge in [0.25, 0.3) is 0 Å². The molecule has 1 unspecified atom stereocenters. The van der Waals surface area contributed by atoms with E-state index < -0.39 is 0 Å². The molecule has 1 heteroatoms. The molecule has 0 radical (unpaired) electrons. The van der Waals surface area contributed by atoms with Crippen LogP contribution in [0.15, 0.2) is 66.9 Å². The summed E-state index contributed by atoms with van der Waals surface area (Å²) in [4.78, 5) is 4.42. The zero-order valence-corrected chi connectivity index (χ0v) is 10.4. The van der Waals surface area contributed by atoms with Gasteiger partial charge in [-0.2, -0.15) is 0 Å². The number of pyridine rings is 1. The summed E-state index contributed by atoms with van der Waals surface area (Å²) in [7, 11) is 0. The van der Waals surface area contributed by atoms with E-state index in [9.17, 15) is 0 Å². The molecule has 18 heavy (non-hydrogen) atoms. The zero-order valence-electron chi connectivity index (χ0n) is 10.4. The van der Waals surface area contributed by atoms with Crippen molar-refractivity contribution < 1.29 is 0 Å². The fourth-order valence-corrected chi connectivity index (χ4v) is 2.42. The van der Waals surface area contributed by atoms with Crippen LogP contribution in [0.25, 0.3) is 10.9 Å². The topological polar surface area (TPSA) is 12.9 Å². The second-order valence-electron chi connectivity index (χ2n) is 4.55. The largest absolute Gasteiger partial charge is 0.256 e. The number of hydrogen-bond acceptors (Lipinski definition) is 1. The third-order valence-corrected chi connectivity index (χ3v) is 3.45. The van der Waals surface area contributed by atoms with Crippen molar-refractivity contribution in [3.05, 3.63) is 78.0 Å². The third kappa shape index (κ3) is 1.88. The highest BCUT2D eigenvalue weighted by molar-refractivity contribution is 5.82. The standard InChI is InChI=1S/C17H15N/c1-13(14-7-3-2-4-8-14)15-11-12-18-17-10-6-5-9-16(15)17/h2-13H,1H3. The van der Waals surface area contributed by atoms with Gasteiger partial charge in [-0.1, -0.05) is 55.5 Å². The fraction of sp³-hybridized carbons (Fsp3) is 0.118. The maximum atomic E-state index is 4.42. The number of rotatable bonds is 2. The lowest BCUT2D eigenvalue weighted by Gasteiger charge is -2.14. The Hall–Kier alpha value is -2.15. The molecule has 1 heterocycles. The van der Waals surface area contributed by atoms with Gasteiger partial charge in [-0.25, -0.2) is 0 Å². The summed E-state index contributed by atoms with van der Waals surface area (Å²) < 4.78 is 0. The van der Waals surface area contributed by atoms with Crippen molar-refractivity contribution in [2.24, 2.45) is 0 Å². The number of fused-ring (bicyclic) bond motifs is 1. The van der Waals surface area contributed by atoms with Crippen molar-refractivity contribution in [3.63, 3.8) is 0 Å². The Bertz CT molecular complexity index is 653. The molecule has 0 aliphatic heterocycles. The van der Waals surface area contributed by atoms with Crippen molar-refractivity contribution in [1.82, 2.24) is 4.98 Å². The highest BCUT2D eigenvalue weighted by atomic mass is 14.6. The van der Waals surface area contributed by atoms with Gasteiger partial charge < -0.3 is 0 Å². The molecule has 0 aliphatic rings. The van der Waals surface area contributed by atoms with E-state index >= 15 is 0 Å². The van der Waals surface area contributed by atoms with Crippen molar-refractivity contribution in [2.75, 3.05) is 0 Å². The molecular formula is C17H15N. The van der Waals surface area contributed by atoms with Gasteiger partial charge in [-0.15, -0.1) is 0 Å². The summed E-state index contributed by atoms with van der Waals surface area (Å²) in [6, 6.07) is 21.1. The lowest BCUT2D eigenvalue weighted by Crippen LogP contribution is -1.97. The molecule has 0 aliphatic carbocycles. The van der Waals surface area contributed by atoms with Gasteiger partial charge in [-0.3, -0.25) is 4.98 Å². The van der Waals surface area contributed by atoms with E-state index in [2.05, 4.69) is 66.5 Å². The first-order valence-corrected chi connectivity index (χ1v) is 6.25. The average Bonchev–Trinajstić information content (AvgIpc) is 2.47. The Labute approximate surface area is 107 Å². The fourth-order valence-electron chi connectivity index (χ4n) is 2.42. The van der Waals surface area contributed by atoms with E-state index in [1.54, 1.807) is 0 Å². The minimum atomic E-state index is 0.388. The quantitative estimate of drug-likeness (QED) is 0.639. The highest BCUT2D eigenvalue weighted by Crippen LogP contribution is 2.29. The number of nitrogens with zero attached hydrogens (tertiary/aromatic N) is 1. The molecule has 0 fully saturated rings. The van der Waals surface area contributed by atoms with Crippen LogP contribution in [0.3, 0.4) is 0 Å². The predicted octanol–water partition coefficient (Wildman–Crippen LogP) is 4.39. The van der Waals surface area contributed by atoms with Crippen LogP contribution in [0, 0.1) is 0 Å². The zero-order chi connectivity index (χ0) is 12.4. The van der Waals surface area contributed by atoms with E-state index in [0.29, 0.717) is 5.92 Å². The normalized spacial score (nSPS) is 12.5. The average molecular weight is 233 g/mol. The van der Waals surface area contributed by atoms with E-state index in [1.807, 2.05) is 12.3 Å². The molecule has 0 spiro atoms. The Morgan fingerprint density at radius 3 is 2.39 bits per heavy atom. The predicted molar refractivity (Wildman–Crippen MR) is 75.7 cm³/mol. The second kappa shape index (κ2) is 4.61. The van der Waals surface area contributed by atoms with Crippen LogP contribution in [0.4, 0.5) is 0 Å². The summed E-state index contributed by atoms with van der Waals surface area (Å²) in [5, 5.41) is 1.25. The molecule has 0 saturated heterocycles. The summed E-state index contributed by atoms with van der Waals surface area (Å²) >= 11 is 0. The molecule has 88 valence electrons. The van der Waals surface area contributed by atoms with Gasteiger partial charge >= 0.3 is 0 Å².